The van der Waals surface area contributed by atoms with Crippen molar-refractivity contribution >= 4 is 11.3 Å². The number of aryl methyl sites for hydroxylation is 2. The van der Waals surface area contributed by atoms with E-state index < -0.39 is 0 Å². The predicted octanol–water partition coefficient (Wildman–Crippen LogP) is 3.05. The van der Waals surface area contributed by atoms with Crippen molar-refractivity contribution in [3.05, 3.63) is 21.4 Å². The molecule has 0 aliphatic carbocycles. The third-order valence-electron chi connectivity index (χ3n) is 3.27. The van der Waals surface area contributed by atoms with E-state index in [0.717, 1.165) is 19.8 Å². The van der Waals surface area contributed by atoms with Gasteiger partial charge in [-0.25, -0.2) is 0 Å². The number of hydrogen-bond donors (Lipinski definition) is 1. The predicted molar refractivity (Wildman–Crippen MR) is 69.1 cm³/mol. The van der Waals surface area contributed by atoms with E-state index in [9.17, 15) is 0 Å². The van der Waals surface area contributed by atoms with Crippen LogP contribution in [-0.4, -0.2) is 19.8 Å². The SMILES string of the molecule is CCNC(c1cc(C)sc1C)C1CCOC1. The van der Waals surface area contributed by atoms with Gasteiger partial charge in [-0.1, -0.05) is 6.92 Å². The van der Waals surface area contributed by atoms with Gasteiger partial charge in [0.1, 0.15) is 0 Å². The Balaban J connectivity index is 2.20. The lowest BCUT2D eigenvalue weighted by Gasteiger charge is -2.23. The van der Waals surface area contributed by atoms with Crippen molar-refractivity contribution in [3.63, 3.8) is 0 Å². The van der Waals surface area contributed by atoms with Crippen LogP contribution in [0.4, 0.5) is 0 Å². The smallest absolute Gasteiger partial charge is 0.0513 e. The minimum atomic E-state index is 0.484. The van der Waals surface area contributed by atoms with Crippen LogP contribution in [0.15, 0.2) is 6.07 Å². The zero-order valence-corrected chi connectivity index (χ0v) is 11.2. The van der Waals surface area contributed by atoms with Crippen LogP contribution in [0.3, 0.4) is 0 Å². The second-order valence-electron chi connectivity index (χ2n) is 4.53. The molecule has 2 atom stereocenters. The molecule has 1 aromatic heterocycles. The first kappa shape index (κ1) is 12.1. The van der Waals surface area contributed by atoms with Crippen LogP contribution < -0.4 is 5.32 Å². The van der Waals surface area contributed by atoms with Gasteiger partial charge < -0.3 is 10.1 Å². The number of hydrogen-bond acceptors (Lipinski definition) is 3. The van der Waals surface area contributed by atoms with Crippen molar-refractivity contribution in [2.45, 2.75) is 33.2 Å². The summed E-state index contributed by atoms with van der Waals surface area (Å²) in [6.07, 6.45) is 1.19. The lowest BCUT2D eigenvalue weighted by atomic mass is 9.92. The van der Waals surface area contributed by atoms with Crippen molar-refractivity contribution in [1.82, 2.24) is 5.32 Å². The molecule has 1 saturated heterocycles. The highest BCUT2D eigenvalue weighted by Gasteiger charge is 2.28. The number of nitrogens with one attached hydrogen (secondary N) is 1. The molecule has 3 heteroatoms. The average molecular weight is 239 g/mol. The Labute approximate surface area is 102 Å². The van der Waals surface area contributed by atoms with Gasteiger partial charge in [0.25, 0.3) is 0 Å². The standard InChI is InChI=1S/C13H21NOS/c1-4-14-13(11-5-6-15-8-11)12-7-9(2)16-10(12)3/h7,11,13-14H,4-6,8H2,1-3H3. The minimum absolute atomic E-state index is 0.484. The summed E-state index contributed by atoms with van der Waals surface area (Å²) in [4.78, 5) is 2.87. The van der Waals surface area contributed by atoms with E-state index in [2.05, 4.69) is 32.2 Å². The van der Waals surface area contributed by atoms with Crippen molar-refractivity contribution in [3.8, 4) is 0 Å². The van der Waals surface area contributed by atoms with Crippen LogP contribution in [0.25, 0.3) is 0 Å². The molecule has 2 nitrogen and oxygen atoms in total. The van der Waals surface area contributed by atoms with Crippen molar-refractivity contribution in [2.75, 3.05) is 19.8 Å². The fourth-order valence-electron chi connectivity index (χ4n) is 2.53. The third-order valence-corrected chi connectivity index (χ3v) is 4.26. The van der Waals surface area contributed by atoms with Crippen LogP contribution in [0, 0.1) is 19.8 Å². The second-order valence-corrected chi connectivity index (χ2v) is 5.99. The summed E-state index contributed by atoms with van der Waals surface area (Å²) in [7, 11) is 0. The molecule has 2 rings (SSSR count). The zero-order valence-electron chi connectivity index (χ0n) is 10.4. The van der Waals surface area contributed by atoms with Gasteiger partial charge in [0.05, 0.1) is 6.61 Å². The van der Waals surface area contributed by atoms with E-state index in [0.29, 0.717) is 12.0 Å². The fraction of sp³-hybridized carbons (Fsp3) is 0.692. The summed E-state index contributed by atoms with van der Waals surface area (Å²) in [5.74, 6) is 0.646. The zero-order chi connectivity index (χ0) is 11.5. The van der Waals surface area contributed by atoms with Gasteiger partial charge in [0, 0.05) is 28.3 Å². The maximum Gasteiger partial charge on any atom is 0.0513 e. The van der Waals surface area contributed by atoms with E-state index >= 15 is 0 Å². The molecular weight excluding hydrogens is 218 g/mol. The molecule has 1 aromatic rings. The minimum Gasteiger partial charge on any atom is -0.381 e. The summed E-state index contributed by atoms with van der Waals surface area (Å²) >= 11 is 1.90. The van der Waals surface area contributed by atoms with E-state index in [-0.39, 0.29) is 0 Å². The van der Waals surface area contributed by atoms with Gasteiger partial charge in [-0.15, -0.1) is 11.3 Å². The molecule has 1 fully saturated rings. The van der Waals surface area contributed by atoms with Gasteiger partial charge in [0.15, 0.2) is 0 Å². The number of thiophene rings is 1. The highest BCUT2D eigenvalue weighted by molar-refractivity contribution is 7.12. The molecule has 2 heterocycles. The molecule has 0 radical (unpaired) electrons. The summed E-state index contributed by atoms with van der Waals surface area (Å²) in [6, 6.07) is 2.82. The van der Waals surface area contributed by atoms with Gasteiger partial charge in [0.2, 0.25) is 0 Å². The molecule has 0 spiro atoms. The van der Waals surface area contributed by atoms with Crippen LogP contribution >= 0.6 is 11.3 Å². The first-order chi connectivity index (χ1) is 7.72. The van der Waals surface area contributed by atoms with Crippen molar-refractivity contribution < 1.29 is 4.74 Å². The Morgan fingerprint density at radius 2 is 2.38 bits per heavy atom. The molecule has 1 aliphatic rings. The van der Waals surface area contributed by atoms with E-state index in [4.69, 9.17) is 4.74 Å². The topological polar surface area (TPSA) is 21.3 Å². The van der Waals surface area contributed by atoms with E-state index in [1.807, 2.05) is 11.3 Å². The monoisotopic (exact) mass is 239 g/mol. The van der Waals surface area contributed by atoms with Crippen LogP contribution in [-0.2, 0) is 4.74 Å². The summed E-state index contributed by atoms with van der Waals surface area (Å²) in [6.45, 7) is 9.45. The summed E-state index contributed by atoms with van der Waals surface area (Å²) in [5.41, 5.74) is 1.49. The molecule has 0 aromatic carbocycles. The molecule has 0 bridgehead atoms. The molecule has 2 unspecified atom stereocenters. The van der Waals surface area contributed by atoms with Gasteiger partial charge in [-0.3, -0.25) is 0 Å². The molecule has 0 saturated carbocycles. The van der Waals surface area contributed by atoms with Crippen molar-refractivity contribution in [2.24, 2.45) is 5.92 Å². The van der Waals surface area contributed by atoms with Gasteiger partial charge in [-0.2, -0.15) is 0 Å². The first-order valence-corrected chi connectivity index (χ1v) is 6.92. The Morgan fingerprint density at radius 1 is 1.56 bits per heavy atom. The Kier molecular flexibility index (Phi) is 4.00. The Morgan fingerprint density at radius 3 is 2.88 bits per heavy atom. The number of rotatable bonds is 4. The van der Waals surface area contributed by atoms with Crippen LogP contribution in [0.1, 0.15) is 34.7 Å². The third kappa shape index (κ3) is 2.47. The average Bonchev–Trinajstić information content (AvgIpc) is 2.85. The maximum absolute atomic E-state index is 5.52. The van der Waals surface area contributed by atoms with Crippen molar-refractivity contribution in [1.29, 1.82) is 0 Å². The largest absolute Gasteiger partial charge is 0.381 e. The fourth-order valence-corrected chi connectivity index (χ4v) is 3.50. The first-order valence-electron chi connectivity index (χ1n) is 6.10. The quantitative estimate of drug-likeness (QED) is 0.872. The maximum atomic E-state index is 5.52. The van der Waals surface area contributed by atoms with Crippen LogP contribution in [0.2, 0.25) is 0 Å². The molecule has 1 aliphatic heterocycles. The lowest BCUT2D eigenvalue weighted by Crippen LogP contribution is -2.28. The Hall–Kier alpha value is -0.380. The van der Waals surface area contributed by atoms with Crippen LogP contribution in [0.5, 0.6) is 0 Å². The molecule has 90 valence electrons. The molecular formula is C13H21NOS. The Bertz CT molecular complexity index is 342. The lowest BCUT2D eigenvalue weighted by molar-refractivity contribution is 0.177. The molecule has 16 heavy (non-hydrogen) atoms. The highest BCUT2D eigenvalue weighted by Crippen LogP contribution is 2.34. The van der Waals surface area contributed by atoms with Gasteiger partial charge in [-0.05, 0) is 38.4 Å². The highest BCUT2D eigenvalue weighted by atomic mass is 32.1. The van der Waals surface area contributed by atoms with E-state index in [1.54, 1.807) is 0 Å². The summed E-state index contributed by atoms with van der Waals surface area (Å²) < 4.78 is 5.52. The second kappa shape index (κ2) is 5.30. The molecule has 1 N–H and O–H groups in total. The normalized spacial score (nSPS) is 22.6. The molecule has 0 amide bonds. The number of ether oxygens (including phenoxy) is 1. The van der Waals surface area contributed by atoms with E-state index in [1.165, 1.54) is 21.7 Å². The summed E-state index contributed by atoms with van der Waals surface area (Å²) in [5, 5.41) is 3.62. The van der Waals surface area contributed by atoms with Gasteiger partial charge >= 0.3 is 0 Å².